The molecule has 1 aromatic carbocycles. The predicted octanol–water partition coefficient (Wildman–Crippen LogP) is 2.50. The summed E-state index contributed by atoms with van der Waals surface area (Å²) in [5.74, 6) is 0.0492. The van der Waals surface area contributed by atoms with Crippen LogP contribution in [0.2, 0.25) is 0 Å². The molecule has 3 nitrogen and oxygen atoms in total. The Balaban J connectivity index is 1.93. The Labute approximate surface area is 122 Å². The number of hydrogen-bond acceptors (Lipinski definition) is 2. The van der Waals surface area contributed by atoms with Crippen molar-refractivity contribution in [2.75, 3.05) is 13.6 Å². The van der Waals surface area contributed by atoms with E-state index in [1.165, 1.54) is 0 Å². The first kappa shape index (κ1) is 13.8. The Morgan fingerprint density at radius 1 is 1.39 bits per heavy atom. The molecule has 2 rings (SSSR count). The second-order valence-electron chi connectivity index (χ2n) is 5.03. The van der Waals surface area contributed by atoms with Crippen molar-refractivity contribution in [2.45, 2.75) is 31.8 Å². The zero-order valence-electron chi connectivity index (χ0n) is 10.8. The molecular weight excluding hydrogens is 339 g/mol. The lowest BCUT2D eigenvalue weighted by atomic mass is 9.98. The van der Waals surface area contributed by atoms with Crippen LogP contribution in [0.5, 0.6) is 0 Å². The van der Waals surface area contributed by atoms with Crippen LogP contribution < -0.4 is 5.32 Å². The van der Waals surface area contributed by atoms with E-state index in [-0.39, 0.29) is 5.91 Å². The van der Waals surface area contributed by atoms with Crippen LogP contribution in [0, 0.1) is 3.57 Å². The number of halogens is 1. The fraction of sp³-hybridized carbons (Fsp3) is 0.500. The van der Waals surface area contributed by atoms with Crippen molar-refractivity contribution in [3.05, 3.63) is 33.4 Å². The molecule has 0 radical (unpaired) electrons. The minimum atomic E-state index is 0.0492. The van der Waals surface area contributed by atoms with E-state index >= 15 is 0 Å². The van der Waals surface area contributed by atoms with Gasteiger partial charge in [0.15, 0.2) is 0 Å². The summed E-state index contributed by atoms with van der Waals surface area (Å²) in [6, 6.07) is 8.55. The van der Waals surface area contributed by atoms with Gasteiger partial charge in [0.1, 0.15) is 0 Å². The lowest BCUT2D eigenvalue weighted by Crippen LogP contribution is -2.47. The van der Waals surface area contributed by atoms with E-state index in [0.29, 0.717) is 12.1 Å². The Hall–Kier alpha value is -0.620. The summed E-state index contributed by atoms with van der Waals surface area (Å²) in [7, 11) is 2.14. The number of piperidine rings is 1. The van der Waals surface area contributed by atoms with Crippen LogP contribution in [0.4, 0.5) is 0 Å². The number of amides is 1. The Kier molecular flexibility index (Phi) is 4.61. The van der Waals surface area contributed by atoms with E-state index in [2.05, 4.69) is 46.8 Å². The standard InChI is InChI=1S/C14H19IN2O/c1-10-9-13(7-8-17(10)2)16-14(18)11-3-5-12(15)6-4-11/h3-6,10,13H,7-9H2,1-2H3,(H,16,18). The molecule has 0 aromatic heterocycles. The van der Waals surface area contributed by atoms with Crippen LogP contribution in [0.15, 0.2) is 24.3 Å². The maximum absolute atomic E-state index is 12.1. The molecule has 4 heteroatoms. The van der Waals surface area contributed by atoms with Crippen molar-refractivity contribution in [3.8, 4) is 0 Å². The lowest BCUT2D eigenvalue weighted by molar-refractivity contribution is 0.0896. The summed E-state index contributed by atoms with van der Waals surface area (Å²) in [5.41, 5.74) is 0.752. The van der Waals surface area contributed by atoms with Gasteiger partial charge in [0.25, 0.3) is 5.91 Å². The van der Waals surface area contributed by atoms with Crippen LogP contribution in [-0.4, -0.2) is 36.5 Å². The Morgan fingerprint density at radius 2 is 2.06 bits per heavy atom. The molecule has 2 atom stereocenters. The molecule has 1 saturated heterocycles. The summed E-state index contributed by atoms with van der Waals surface area (Å²) in [5, 5.41) is 3.14. The largest absolute Gasteiger partial charge is 0.349 e. The average Bonchev–Trinajstić information content (AvgIpc) is 2.34. The van der Waals surface area contributed by atoms with E-state index in [1.54, 1.807) is 0 Å². The second kappa shape index (κ2) is 6.02. The highest BCUT2D eigenvalue weighted by Crippen LogP contribution is 2.16. The minimum absolute atomic E-state index is 0.0492. The molecule has 1 aliphatic rings. The molecule has 2 unspecified atom stereocenters. The van der Waals surface area contributed by atoms with Crippen molar-refractivity contribution in [1.82, 2.24) is 10.2 Å². The lowest BCUT2D eigenvalue weighted by Gasteiger charge is -2.35. The summed E-state index contributed by atoms with van der Waals surface area (Å²) in [6.07, 6.45) is 2.07. The van der Waals surface area contributed by atoms with Crippen molar-refractivity contribution < 1.29 is 4.79 Å². The topological polar surface area (TPSA) is 32.3 Å². The number of likely N-dealkylation sites (tertiary alicyclic amines) is 1. The number of carbonyl (C=O) groups excluding carboxylic acids is 1. The number of nitrogens with zero attached hydrogens (tertiary/aromatic N) is 1. The smallest absolute Gasteiger partial charge is 0.251 e. The molecule has 0 aliphatic carbocycles. The van der Waals surface area contributed by atoms with E-state index in [9.17, 15) is 4.79 Å². The van der Waals surface area contributed by atoms with Gasteiger partial charge in [0, 0.05) is 27.8 Å². The van der Waals surface area contributed by atoms with Crippen molar-refractivity contribution in [2.24, 2.45) is 0 Å². The number of carbonyl (C=O) groups is 1. The first-order valence-electron chi connectivity index (χ1n) is 6.33. The molecule has 18 heavy (non-hydrogen) atoms. The molecule has 1 amide bonds. The molecule has 0 bridgehead atoms. The fourth-order valence-corrected chi connectivity index (χ4v) is 2.65. The van der Waals surface area contributed by atoms with E-state index in [0.717, 1.165) is 28.5 Å². The van der Waals surface area contributed by atoms with Gasteiger partial charge in [-0.3, -0.25) is 4.79 Å². The quantitative estimate of drug-likeness (QED) is 0.824. The van der Waals surface area contributed by atoms with E-state index in [1.807, 2.05) is 24.3 Å². The van der Waals surface area contributed by atoms with Gasteiger partial charge in [-0.25, -0.2) is 0 Å². The molecule has 1 heterocycles. The van der Waals surface area contributed by atoms with Gasteiger partial charge >= 0.3 is 0 Å². The maximum atomic E-state index is 12.1. The highest BCUT2D eigenvalue weighted by atomic mass is 127. The zero-order chi connectivity index (χ0) is 13.1. The average molecular weight is 358 g/mol. The number of hydrogen-bond donors (Lipinski definition) is 1. The summed E-state index contributed by atoms with van der Waals surface area (Å²) >= 11 is 2.24. The molecule has 0 saturated carbocycles. The van der Waals surface area contributed by atoms with E-state index < -0.39 is 0 Å². The molecule has 98 valence electrons. The van der Waals surface area contributed by atoms with Crippen molar-refractivity contribution in [1.29, 1.82) is 0 Å². The minimum Gasteiger partial charge on any atom is -0.349 e. The molecule has 1 fully saturated rings. The SMILES string of the molecule is CC1CC(NC(=O)c2ccc(I)cc2)CCN1C. The molecule has 1 aliphatic heterocycles. The van der Waals surface area contributed by atoms with Crippen LogP contribution in [0.3, 0.4) is 0 Å². The van der Waals surface area contributed by atoms with Gasteiger partial charge in [0.05, 0.1) is 0 Å². The summed E-state index contributed by atoms with van der Waals surface area (Å²) in [4.78, 5) is 14.4. The highest BCUT2D eigenvalue weighted by Gasteiger charge is 2.24. The zero-order valence-corrected chi connectivity index (χ0v) is 13.0. The second-order valence-corrected chi connectivity index (χ2v) is 6.28. The molecule has 1 aromatic rings. The summed E-state index contributed by atoms with van der Waals surface area (Å²) < 4.78 is 1.15. The van der Waals surface area contributed by atoms with Crippen LogP contribution in [-0.2, 0) is 0 Å². The van der Waals surface area contributed by atoms with Gasteiger partial charge in [-0.2, -0.15) is 0 Å². The number of nitrogens with one attached hydrogen (secondary N) is 1. The van der Waals surface area contributed by atoms with Crippen LogP contribution >= 0.6 is 22.6 Å². The molecule has 0 spiro atoms. The normalized spacial score (nSPS) is 24.8. The summed E-state index contributed by atoms with van der Waals surface area (Å²) in [6.45, 7) is 3.27. The van der Waals surface area contributed by atoms with E-state index in [4.69, 9.17) is 0 Å². The van der Waals surface area contributed by atoms with Crippen molar-refractivity contribution >= 4 is 28.5 Å². The maximum Gasteiger partial charge on any atom is 0.251 e. The molecule has 1 N–H and O–H groups in total. The monoisotopic (exact) mass is 358 g/mol. The van der Waals surface area contributed by atoms with Crippen LogP contribution in [0.1, 0.15) is 30.1 Å². The number of benzene rings is 1. The van der Waals surface area contributed by atoms with Crippen molar-refractivity contribution in [3.63, 3.8) is 0 Å². The first-order valence-corrected chi connectivity index (χ1v) is 7.41. The fourth-order valence-electron chi connectivity index (χ4n) is 2.29. The van der Waals surface area contributed by atoms with Gasteiger partial charge in [-0.05, 0) is 73.7 Å². The van der Waals surface area contributed by atoms with Gasteiger partial charge in [0.2, 0.25) is 0 Å². The van der Waals surface area contributed by atoms with Crippen LogP contribution in [0.25, 0.3) is 0 Å². The van der Waals surface area contributed by atoms with Gasteiger partial charge < -0.3 is 10.2 Å². The predicted molar refractivity (Wildman–Crippen MR) is 81.7 cm³/mol. The Bertz CT molecular complexity index is 418. The van der Waals surface area contributed by atoms with Gasteiger partial charge in [-0.15, -0.1) is 0 Å². The third kappa shape index (κ3) is 3.45. The number of rotatable bonds is 2. The third-order valence-corrected chi connectivity index (χ3v) is 4.37. The van der Waals surface area contributed by atoms with Gasteiger partial charge in [-0.1, -0.05) is 0 Å². The highest BCUT2D eigenvalue weighted by molar-refractivity contribution is 14.1. The third-order valence-electron chi connectivity index (χ3n) is 3.65. The molecular formula is C14H19IN2O. The Morgan fingerprint density at radius 3 is 2.67 bits per heavy atom. The first-order chi connectivity index (χ1) is 8.56.